The molecule has 0 saturated heterocycles. The van der Waals surface area contributed by atoms with Gasteiger partial charge in [0.1, 0.15) is 5.75 Å². The maximum absolute atomic E-state index is 6.05. The molecule has 136 valence electrons. The fourth-order valence-corrected chi connectivity index (χ4v) is 3.46. The molecule has 0 fully saturated rings. The third kappa shape index (κ3) is 4.64. The van der Waals surface area contributed by atoms with Gasteiger partial charge in [0.15, 0.2) is 0 Å². The van der Waals surface area contributed by atoms with Crippen molar-refractivity contribution in [2.45, 2.75) is 32.2 Å². The van der Waals surface area contributed by atoms with Crippen molar-refractivity contribution >= 4 is 10.8 Å². The molecule has 2 heteroatoms. The van der Waals surface area contributed by atoms with E-state index in [1.165, 1.54) is 28.3 Å². The molecule has 0 spiro atoms. The van der Waals surface area contributed by atoms with Gasteiger partial charge in [-0.05, 0) is 54.5 Å². The fourth-order valence-electron chi connectivity index (χ4n) is 3.46. The summed E-state index contributed by atoms with van der Waals surface area (Å²) in [6.45, 7) is 2.93. The van der Waals surface area contributed by atoms with E-state index in [-0.39, 0.29) is 0 Å². The lowest BCUT2D eigenvalue weighted by Crippen LogP contribution is -2.22. The first-order valence-corrected chi connectivity index (χ1v) is 9.54. The van der Waals surface area contributed by atoms with Crippen molar-refractivity contribution in [2.75, 3.05) is 20.7 Å². The van der Waals surface area contributed by atoms with Crippen molar-refractivity contribution in [3.8, 4) is 5.75 Å². The Morgan fingerprint density at radius 2 is 1.62 bits per heavy atom. The molecular formula is C24H29NO. The maximum atomic E-state index is 6.05. The molecule has 0 aliphatic rings. The molecular weight excluding hydrogens is 318 g/mol. The largest absolute Gasteiger partial charge is 0.494 e. The van der Waals surface area contributed by atoms with Crippen LogP contribution >= 0.6 is 0 Å². The summed E-state index contributed by atoms with van der Waals surface area (Å²) in [6, 6.07) is 24.1. The van der Waals surface area contributed by atoms with Crippen LogP contribution in [-0.4, -0.2) is 25.6 Å². The molecule has 0 aliphatic heterocycles. The smallest absolute Gasteiger partial charge is 0.119 e. The molecule has 0 radical (unpaired) electrons. The summed E-state index contributed by atoms with van der Waals surface area (Å²) in [4.78, 5) is 2.28. The van der Waals surface area contributed by atoms with E-state index >= 15 is 0 Å². The first kappa shape index (κ1) is 18.5. The zero-order valence-corrected chi connectivity index (χ0v) is 16.1. The number of aryl methyl sites for hydroxylation is 1. The highest BCUT2D eigenvalue weighted by Gasteiger charge is 2.14. The highest BCUT2D eigenvalue weighted by Crippen LogP contribution is 2.25. The minimum absolute atomic E-state index is 0.367. The van der Waals surface area contributed by atoms with Crippen molar-refractivity contribution in [3.05, 3.63) is 77.9 Å². The van der Waals surface area contributed by atoms with E-state index in [0.29, 0.717) is 12.6 Å². The van der Waals surface area contributed by atoms with Gasteiger partial charge >= 0.3 is 0 Å². The Hall–Kier alpha value is -2.32. The van der Waals surface area contributed by atoms with E-state index in [9.17, 15) is 0 Å². The second-order valence-corrected chi connectivity index (χ2v) is 7.12. The number of ether oxygens (including phenoxy) is 1. The molecule has 0 aromatic heterocycles. The molecule has 0 aliphatic carbocycles. The number of fused-ring (bicyclic) bond motifs is 1. The Kier molecular flexibility index (Phi) is 6.30. The van der Waals surface area contributed by atoms with E-state index < -0.39 is 0 Å². The summed E-state index contributed by atoms with van der Waals surface area (Å²) in [5.41, 5.74) is 2.78. The van der Waals surface area contributed by atoms with Gasteiger partial charge < -0.3 is 9.64 Å². The van der Waals surface area contributed by atoms with Gasteiger partial charge in [-0.15, -0.1) is 0 Å². The van der Waals surface area contributed by atoms with Crippen LogP contribution in [0.5, 0.6) is 5.75 Å². The quantitative estimate of drug-likeness (QED) is 0.506. The fraction of sp³-hybridized carbons (Fsp3) is 0.333. The highest BCUT2D eigenvalue weighted by molar-refractivity contribution is 5.83. The van der Waals surface area contributed by atoms with Gasteiger partial charge in [0.25, 0.3) is 0 Å². The lowest BCUT2D eigenvalue weighted by Gasteiger charge is -2.25. The van der Waals surface area contributed by atoms with Crippen molar-refractivity contribution in [1.82, 2.24) is 4.90 Å². The number of nitrogens with zero attached hydrogens (tertiary/aromatic N) is 1. The number of hydrogen-bond acceptors (Lipinski definition) is 2. The van der Waals surface area contributed by atoms with E-state index in [1.807, 2.05) is 0 Å². The SMILES string of the molecule is CCCc1ccc(C(CCOc2ccc3ccccc3c2)N(C)C)cc1. The zero-order chi connectivity index (χ0) is 18.4. The lowest BCUT2D eigenvalue weighted by atomic mass is 10.00. The van der Waals surface area contributed by atoms with Crippen LogP contribution < -0.4 is 4.74 Å². The van der Waals surface area contributed by atoms with Crippen LogP contribution in [-0.2, 0) is 6.42 Å². The van der Waals surface area contributed by atoms with E-state index in [1.54, 1.807) is 0 Å². The molecule has 3 aromatic rings. The monoisotopic (exact) mass is 347 g/mol. The molecule has 0 amide bonds. The minimum Gasteiger partial charge on any atom is -0.494 e. The van der Waals surface area contributed by atoms with Gasteiger partial charge in [-0.2, -0.15) is 0 Å². The van der Waals surface area contributed by atoms with Gasteiger partial charge in [-0.25, -0.2) is 0 Å². The third-order valence-corrected chi connectivity index (χ3v) is 4.91. The number of hydrogen-bond donors (Lipinski definition) is 0. The Bertz CT molecular complexity index is 823. The van der Waals surface area contributed by atoms with Crippen LogP contribution in [0.1, 0.15) is 36.9 Å². The molecule has 2 nitrogen and oxygen atoms in total. The van der Waals surface area contributed by atoms with Gasteiger partial charge in [0.2, 0.25) is 0 Å². The Balaban J connectivity index is 1.62. The first-order valence-electron chi connectivity index (χ1n) is 9.54. The van der Waals surface area contributed by atoms with Gasteiger partial charge in [-0.3, -0.25) is 0 Å². The normalized spacial score (nSPS) is 12.5. The standard InChI is InChI=1S/C24H29NO/c1-4-7-19-10-12-21(13-11-19)24(25(2)3)16-17-26-23-15-14-20-8-5-6-9-22(20)18-23/h5-6,8-15,18,24H,4,7,16-17H2,1-3H3. The van der Waals surface area contributed by atoms with Gasteiger partial charge in [0, 0.05) is 12.5 Å². The van der Waals surface area contributed by atoms with Crippen molar-refractivity contribution < 1.29 is 4.74 Å². The van der Waals surface area contributed by atoms with E-state index in [2.05, 4.69) is 92.6 Å². The first-order chi connectivity index (χ1) is 12.7. The second-order valence-electron chi connectivity index (χ2n) is 7.12. The second kappa shape index (κ2) is 8.86. The van der Waals surface area contributed by atoms with Crippen LogP contribution in [0, 0.1) is 0 Å². The van der Waals surface area contributed by atoms with Crippen molar-refractivity contribution in [3.63, 3.8) is 0 Å². The number of benzene rings is 3. The summed E-state index contributed by atoms with van der Waals surface area (Å²) in [6.07, 6.45) is 3.31. The predicted molar refractivity (Wildman–Crippen MR) is 111 cm³/mol. The maximum Gasteiger partial charge on any atom is 0.119 e. The molecule has 3 rings (SSSR count). The van der Waals surface area contributed by atoms with Crippen molar-refractivity contribution in [1.29, 1.82) is 0 Å². The molecule has 0 N–H and O–H groups in total. The summed E-state index contributed by atoms with van der Waals surface area (Å²) in [5.74, 6) is 0.944. The Morgan fingerprint density at radius 3 is 2.31 bits per heavy atom. The minimum atomic E-state index is 0.367. The summed E-state index contributed by atoms with van der Waals surface area (Å²) < 4.78 is 6.05. The molecule has 1 unspecified atom stereocenters. The average molecular weight is 348 g/mol. The zero-order valence-electron chi connectivity index (χ0n) is 16.1. The average Bonchev–Trinajstić information content (AvgIpc) is 2.66. The lowest BCUT2D eigenvalue weighted by molar-refractivity contribution is 0.223. The molecule has 0 saturated carbocycles. The summed E-state index contributed by atoms with van der Waals surface area (Å²) >= 11 is 0. The van der Waals surface area contributed by atoms with Crippen molar-refractivity contribution in [2.24, 2.45) is 0 Å². The van der Waals surface area contributed by atoms with Crippen LogP contribution in [0.4, 0.5) is 0 Å². The highest BCUT2D eigenvalue weighted by atomic mass is 16.5. The molecule has 26 heavy (non-hydrogen) atoms. The molecule has 1 atom stereocenters. The van der Waals surface area contributed by atoms with Gasteiger partial charge in [0.05, 0.1) is 6.61 Å². The predicted octanol–water partition coefficient (Wildman–Crippen LogP) is 5.86. The van der Waals surface area contributed by atoms with Crippen LogP contribution in [0.25, 0.3) is 10.8 Å². The third-order valence-electron chi connectivity index (χ3n) is 4.91. The van der Waals surface area contributed by atoms with Crippen LogP contribution in [0.3, 0.4) is 0 Å². The number of rotatable bonds is 8. The molecule has 0 bridgehead atoms. The Morgan fingerprint density at radius 1 is 0.885 bits per heavy atom. The molecule has 0 heterocycles. The van der Waals surface area contributed by atoms with E-state index in [4.69, 9.17) is 4.74 Å². The van der Waals surface area contributed by atoms with Gasteiger partial charge in [-0.1, -0.05) is 67.9 Å². The molecule has 3 aromatic carbocycles. The Labute approximate surface area is 157 Å². The van der Waals surface area contributed by atoms with Crippen LogP contribution in [0.15, 0.2) is 66.7 Å². The summed E-state index contributed by atoms with van der Waals surface area (Å²) in [5, 5.41) is 2.47. The van der Waals surface area contributed by atoms with Crippen LogP contribution in [0.2, 0.25) is 0 Å². The summed E-state index contributed by atoms with van der Waals surface area (Å²) in [7, 11) is 4.28. The van der Waals surface area contributed by atoms with E-state index in [0.717, 1.165) is 18.6 Å². The topological polar surface area (TPSA) is 12.5 Å².